The Balaban J connectivity index is 0.00000192. The maximum absolute atomic E-state index is 11.5. The van der Waals surface area contributed by atoms with Crippen LogP contribution in [0.2, 0.25) is 0 Å². The number of nitrogens with zero attached hydrogens (tertiary/aromatic N) is 2. The number of carbonyl (C=O) groups excluding carboxylic acids is 1. The smallest absolute Gasteiger partial charge is 0.245 e. The number of aliphatic hydroxyl groups excluding tert-OH is 1. The highest BCUT2D eigenvalue weighted by Crippen LogP contribution is 2.40. The molecule has 1 saturated heterocycles. The van der Waals surface area contributed by atoms with E-state index in [-0.39, 0.29) is 24.4 Å². The van der Waals surface area contributed by atoms with E-state index in [0.29, 0.717) is 17.8 Å². The van der Waals surface area contributed by atoms with Crippen LogP contribution in [0.3, 0.4) is 0 Å². The summed E-state index contributed by atoms with van der Waals surface area (Å²) in [5.41, 5.74) is 0.971. The van der Waals surface area contributed by atoms with Crippen molar-refractivity contribution in [3.05, 3.63) is 17.5 Å². The van der Waals surface area contributed by atoms with Crippen LogP contribution in [0.5, 0.6) is 0 Å². The van der Waals surface area contributed by atoms with Crippen LogP contribution < -0.4 is 5.32 Å². The van der Waals surface area contributed by atoms with Gasteiger partial charge in [-0.2, -0.15) is 0 Å². The van der Waals surface area contributed by atoms with Crippen LogP contribution >= 0.6 is 12.4 Å². The van der Waals surface area contributed by atoms with Crippen molar-refractivity contribution in [3.63, 3.8) is 0 Å². The van der Waals surface area contributed by atoms with Crippen molar-refractivity contribution in [3.8, 4) is 0 Å². The van der Waals surface area contributed by atoms with Crippen molar-refractivity contribution in [1.82, 2.24) is 15.4 Å². The first-order chi connectivity index (χ1) is 10.6. The summed E-state index contributed by atoms with van der Waals surface area (Å²) in [5.74, 6) is 2.17. The highest BCUT2D eigenvalue weighted by molar-refractivity contribution is 5.85. The molecule has 0 unspecified atom stereocenters. The van der Waals surface area contributed by atoms with Gasteiger partial charge in [0, 0.05) is 37.7 Å². The van der Waals surface area contributed by atoms with Crippen molar-refractivity contribution in [2.75, 3.05) is 19.7 Å². The monoisotopic (exact) mass is 343 g/mol. The summed E-state index contributed by atoms with van der Waals surface area (Å²) in [4.78, 5) is 13.8. The normalized spacial score (nSPS) is 24.7. The lowest BCUT2D eigenvalue weighted by Gasteiger charge is -2.22. The maximum Gasteiger partial charge on any atom is 0.245 e. The molecule has 0 bridgehead atoms. The zero-order valence-electron chi connectivity index (χ0n) is 13.7. The summed E-state index contributed by atoms with van der Waals surface area (Å²) < 4.78 is 5.40. The summed E-state index contributed by atoms with van der Waals surface area (Å²) in [6, 6.07) is 2.16. The molecule has 1 saturated carbocycles. The van der Waals surface area contributed by atoms with Gasteiger partial charge in [0.1, 0.15) is 12.4 Å². The lowest BCUT2D eigenvalue weighted by Crippen LogP contribution is -2.43. The molecule has 1 aromatic rings. The van der Waals surface area contributed by atoms with Crippen LogP contribution in [0.1, 0.15) is 44.1 Å². The Hall–Kier alpha value is -1.11. The van der Waals surface area contributed by atoms with Crippen LogP contribution in [0, 0.1) is 11.8 Å². The highest BCUT2D eigenvalue weighted by Gasteiger charge is 2.36. The fourth-order valence-corrected chi connectivity index (χ4v) is 3.32. The number of rotatable bonds is 6. The average molecular weight is 344 g/mol. The molecule has 2 aliphatic rings. The van der Waals surface area contributed by atoms with Crippen molar-refractivity contribution in [1.29, 1.82) is 0 Å². The minimum absolute atomic E-state index is 0. The van der Waals surface area contributed by atoms with E-state index in [9.17, 15) is 4.79 Å². The Labute approximate surface area is 143 Å². The third-order valence-corrected chi connectivity index (χ3v) is 4.73. The van der Waals surface area contributed by atoms with Crippen LogP contribution in [0.4, 0.5) is 0 Å². The number of aliphatic hydroxyl groups is 1. The molecule has 2 N–H and O–H groups in total. The van der Waals surface area contributed by atoms with Gasteiger partial charge in [-0.15, -0.1) is 12.4 Å². The van der Waals surface area contributed by atoms with Gasteiger partial charge >= 0.3 is 0 Å². The minimum atomic E-state index is -0.449. The average Bonchev–Trinajstić information content (AvgIpc) is 3.11. The molecule has 0 aromatic carbocycles. The lowest BCUT2D eigenvalue weighted by molar-refractivity contribution is -0.124. The zero-order valence-corrected chi connectivity index (χ0v) is 14.5. The van der Waals surface area contributed by atoms with Crippen LogP contribution in [0.15, 0.2) is 10.6 Å². The number of aromatic nitrogens is 1. The van der Waals surface area contributed by atoms with Crippen molar-refractivity contribution < 1.29 is 14.4 Å². The number of likely N-dealkylation sites (tertiary alicyclic amines) is 1. The third-order valence-electron chi connectivity index (χ3n) is 4.73. The van der Waals surface area contributed by atoms with Gasteiger partial charge in [-0.05, 0) is 24.7 Å². The molecule has 7 heteroatoms. The van der Waals surface area contributed by atoms with Gasteiger partial charge in [0.25, 0.3) is 0 Å². The molecule has 0 spiro atoms. The van der Waals surface area contributed by atoms with Crippen LogP contribution in [-0.4, -0.2) is 46.8 Å². The van der Waals surface area contributed by atoms with Gasteiger partial charge in [0.15, 0.2) is 0 Å². The fraction of sp³-hybridized carbons (Fsp3) is 0.750. The summed E-state index contributed by atoms with van der Waals surface area (Å²) in [5, 5.41) is 16.0. The molecule has 2 fully saturated rings. The number of amides is 1. The first-order valence-electron chi connectivity index (χ1n) is 8.15. The van der Waals surface area contributed by atoms with Crippen molar-refractivity contribution in [2.45, 2.75) is 45.2 Å². The predicted octanol–water partition coefficient (Wildman–Crippen LogP) is 1.54. The minimum Gasteiger partial charge on any atom is -0.387 e. The molecule has 2 heterocycles. The molecule has 1 aliphatic carbocycles. The highest BCUT2D eigenvalue weighted by atomic mass is 35.5. The third kappa shape index (κ3) is 4.46. The molecular weight excluding hydrogens is 318 g/mol. The SMILES string of the molecule is CC(C)[C@H]1CN(Cc2cc(C3CC3)on2)C[C@@H]1NC(=O)CO.Cl. The number of halogens is 1. The number of nitrogens with one attached hydrogen (secondary N) is 1. The Kier molecular flexibility index (Phi) is 6.06. The Morgan fingerprint density at radius 1 is 1.48 bits per heavy atom. The first-order valence-corrected chi connectivity index (χ1v) is 8.15. The van der Waals surface area contributed by atoms with Gasteiger partial charge < -0.3 is 14.9 Å². The first kappa shape index (κ1) is 18.2. The predicted molar refractivity (Wildman–Crippen MR) is 88.3 cm³/mol. The zero-order chi connectivity index (χ0) is 15.7. The molecular formula is C16H26ClN3O3. The molecule has 1 amide bonds. The molecule has 3 rings (SSSR count). The largest absolute Gasteiger partial charge is 0.387 e. The van der Waals surface area contributed by atoms with Gasteiger partial charge in [0.05, 0.1) is 5.69 Å². The molecule has 0 radical (unpaired) electrons. The van der Waals surface area contributed by atoms with Crippen molar-refractivity contribution >= 4 is 18.3 Å². The van der Waals surface area contributed by atoms with Gasteiger partial charge in [-0.1, -0.05) is 19.0 Å². The van der Waals surface area contributed by atoms with Gasteiger partial charge in [-0.3, -0.25) is 9.69 Å². The topological polar surface area (TPSA) is 78.6 Å². The molecule has 2 atom stereocenters. The maximum atomic E-state index is 11.5. The van der Waals surface area contributed by atoms with E-state index in [4.69, 9.17) is 9.63 Å². The van der Waals surface area contributed by atoms with Crippen LogP contribution in [0.25, 0.3) is 0 Å². The summed E-state index contributed by atoms with van der Waals surface area (Å²) in [6.07, 6.45) is 2.42. The fourth-order valence-electron chi connectivity index (χ4n) is 3.32. The Bertz CT molecular complexity index is 530. The molecule has 130 valence electrons. The number of hydrogen-bond donors (Lipinski definition) is 2. The van der Waals surface area contributed by atoms with E-state index in [1.165, 1.54) is 12.8 Å². The lowest BCUT2D eigenvalue weighted by atomic mass is 9.91. The second-order valence-electron chi connectivity index (χ2n) is 6.93. The van der Waals surface area contributed by atoms with E-state index in [1.807, 2.05) is 0 Å². The molecule has 23 heavy (non-hydrogen) atoms. The van der Waals surface area contributed by atoms with Crippen molar-refractivity contribution in [2.24, 2.45) is 11.8 Å². The molecule has 6 nitrogen and oxygen atoms in total. The summed E-state index contributed by atoms with van der Waals surface area (Å²) in [6.45, 7) is 6.38. The second-order valence-corrected chi connectivity index (χ2v) is 6.93. The Morgan fingerprint density at radius 3 is 2.83 bits per heavy atom. The van der Waals surface area contributed by atoms with E-state index >= 15 is 0 Å². The van der Waals surface area contributed by atoms with E-state index in [1.54, 1.807) is 0 Å². The summed E-state index contributed by atoms with van der Waals surface area (Å²) >= 11 is 0. The summed E-state index contributed by atoms with van der Waals surface area (Å²) in [7, 11) is 0. The quantitative estimate of drug-likeness (QED) is 0.819. The number of hydrogen-bond acceptors (Lipinski definition) is 5. The van der Waals surface area contributed by atoms with Gasteiger partial charge in [-0.25, -0.2) is 0 Å². The second kappa shape index (κ2) is 7.64. The van der Waals surface area contributed by atoms with E-state index in [2.05, 4.69) is 35.3 Å². The van der Waals surface area contributed by atoms with Crippen LogP contribution in [-0.2, 0) is 11.3 Å². The van der Waals surface area contributed by atoms with E-state index < -0.39 is 6.61 Å². The molecule has 1 aromatic heterocycles. The molecule has 1 aliphatic heterocycles. The van der Waals surface area contributed by atoms with Gasteiger partial charge in [0.2, 0.25) is 5.91 Å². The standard InChI is InChI=1S/C16H25N3O3.ClH/c1-10(2)13-7-19(8-14(13)17-16(21)9-20)6-12-5-15(22-18-12)11-3-4-11;/h5,10-11,13-14,20H,3-4,6-9H2,1-2H3,(H,17,21);1H/t13-,14+;/m1./s1. The Morgan fingerprint density at radius 2 is 2.22 bits per heavy atom. The van der Waals surface area contributed by atoms with E-state index in [0.717, 1.165) is 31.1 Å². The number of carbonyl (C=O) groups is 1.